The molecule has 0 spiro atoms. The predicted octanol–water partition coefficient (Wildman–Crippen LogP) is 3.92. The van der Waals surface area contributed by atoms with Crippen molar-refractivity contribution in [1.29, 1.82) is 0 Å². The van der Waals surface area contributed by atoms with Gasteiger partial charge in [-0.15, -0.1) is 0 Å². The van der Waals surface area contributed by atoms with Crippen LogP contribution >= 0.6 is 0 Å². The van der Waals surface area contributed by atoms with E-state index in [1.165, 1.54) is 6.92 Å². The number of rotatable bonds is 12. The van der Waals surface area contributed by atoms with Crippen LogP contribution in [0.3, 0.4) is 0 Å². The fourth-order valence-corrected chi connectivity index (χ4v) is 2.91. The Morgan fingerprint density at radius 3 is 2.18 bits per heavy atom. The fourth-order valence-electron chi connectivity index (χ4n) is 2.91. The second kappa shape index (κ2) is 11.6. The van der Waals surface area contributed by atoms with Crippen molar-refractivity contribution >= 4 is 5.78 Å². The summed E-state index contributed by atoms with van der Waals surface area (Å²) in [5.74, 6) is 0.746. The zero-order valence-electron chi connectivity index (χ0n) is 16.8. The highest BCUT2D eigenvalue weighted by molar-refractivity contribution is 5.75. The summed E-state index contributed by atoms with van der Waals surface area (Å²) in [6.45, 7) is 4.27. The van der Waals surface area contributed by atoms with E-state index < -0.39 is 6.10 Å². The second-order valence-corrected chi connectivity index (χ2v) is 6.99. The summed E-state index contributed by atoms with van der Waals surface area (Å²) in [6.07, 6.45) is -0.860. The van der Waals surface area contributed by atoms with Crippen molar-refractivity contribution in [1.82, 2.24) is 0 Å². The lowest BCUT2D eigenvalue weighted by atomic mass is 10.0. The van der Waals surface area contributed by atoms with Crippen LogP contribution < -0.4 is 4.74 Å². The molecule has 5 heteroatoms. The number of methoxy groups -OCH3 is 1. The molecule has 0 fully saturated rings. The Morgan fingerprint density at radius 1 is 0.964 bits per heavy atom. The predicted molar refractivity (Wildman–Crippen MR) is 108 cm³/mol. The third-order valence-electron chi connectivity index (χ3n) is 4.53. The molecule has 2 aromatic carbocycles. The number of benzene rings is 2. The molecule has 0 aromatic heterocycles. The van der Waals surface area contributed by atoms with Gasteiger partial charge < -0.3 is 19.3 Å². The molecule has 0 radical (unpaired) electrons. The summed E-state index contributed by atoms with van der Waals surface area (Å²) in [5.41, 5.74) is 2.08. The zero-order chi connectivity index (χ0) is 20.4. The minimum atomic E-state index is -0.749. The number of ketones is 1. The van der Waals surface area contributed by atoms with Crippen molar-refractivity contribution in [3.8, 4) is 5.75 Å². The minimum absolute atomic E-state index is 0.0424. The molecular formula is C23H30O5. The number of hydrogen-bond acceptors (Lipinski definition) is 5. The highest BCUT2D eigenvalue weighted by Gasteiger charge is 2.23. The Bertz CT molecular complexity index is 699. The first-order valence-corrected chi connectivity index (χ1v) is 9.55. The van der Waals surface area contributed by atoms with Crippen molar-refractivity contribution in [2.45, 2.75) is 58.2 Å². The van der Waals surface area contributed by atoms with E-state index in [1.807, 2.05) is 61.5 Å². The van der Waals surface area contributed by atoms with Gasteiger partial charge in [0.15, 0.2) is 0 Å². The van der Waals surface area contributed by atoms with Crippen LogP contribution in [-0.2, 0) is 27.5 Å². The average molecular weight is 386 g/mol. The van der Waals surface area contributed by atoms with E-state index in [-0.39, 0.29) is 24.4 Å². The molecule has 0 aliphatic heterocycles. The van der Waals surface area contributed by atoms with Gasteiger partial charge in [-0.25, -0.2) is 0 Å². The minimum Gasteiger partial charge on any atom is -0.497 e. The van der Waals surface area contributed by atoms with Crippen molar-refractivity contribution in [3.63, 3.8) is 0 Å². The second-order valence-electron chi connectivity index (χ2n) is 6.99. The van der Waals surface area contributed by atoms with E-state index in [0.29, 0.717) is 19.6 Å². The molecule has 3 atom stereocenters. The van der Waals surface area contributed by atoms with E-state index >= 15 is 0 Å². The quantitative estimate of drug-likeness (QED) is 0.599. The Hall–Kier alpha value is -2.21. The van der Waals surface area contributed by atoms with Gasteiger partial charge in [0.25, 0.3) is 0 Å². The number of carbonyl (C=O) groups excluding carboxylic acids is 1. The average Bonchev–Trinajstić information content (AvgIpc) is 2.70. The Kier molecular flexibility index (Phi) is 9.14. The summed E-state index contributed by atoms with van der Waals surface area (Å²) in [6, 6.07) is 17.6. The maximum Gasteiger partial charge on any atom is 0.132 e. The summed E-state index contributed by atoms with van der Waals surface area (Å²) < 4.78 is 17.2. The van der Waals surface area contributed by atoms with Gasteiger partial charge in [-0.3, -0.25) is 4.79 Å². The Morgan fingerprint density at radius 2 is 1.57 bits per heavy atom. The molecule has 1 N–H and O–H groups in total. The third kappa shape index (κ3) is 7.80. The molecule has 5 nitrogen and oxygen atoms in total. The standard InChI is InChI=1S/C23H30O5/c1-17(24)13-21(25)14-23(18(2)27-15-19-7-5-4-6-8-19)28-16-20-9-11-22(26-3)12-10-20/h4-12,18,21,23,25H,13-16H2,1-3H3/t18-,21?,23+/m0/s1. The van der Waals surface area contributed by atoms with Gasteiger partial charge in [0.05, 0.1) is 38.6 Å². The van der Waals surface area contributed by atoms with Crippen LogP contribution in [0.5, 0.6) is 5.75 Å². The number of aliphatic hydroxyl groups is 1. The van der Waals surface area contributed by atoms with Crippen molar-refractivity contribution in [2.24, 2.45) is 0 Å². The lowest BCUT2D eigenvalue weighted by molar-refractivity contribution is -0.121. The van der Waals surface area contributed by atoms with Crippen LogP contribution in [0.25, 0.3) is 0 Å². The summed E-state index contributed by atoms with van der Waals surface area (Å²) in [5, 5.41) is 10.2. The third-order valence-corrected chi connectivity index (χ3v) is 4.53. The number of Topliss-reactive ketones (excluding diaryl/α,β-unsaturated/α-hetero) is 1. The summed E-state index contributed by atoms with van der Waals surface area (Å²) >= 11 is 0. The van der Waals surface area contributed by atoms with Crippen LogP contribution in [-0.4, -0.2) is 36.3 Å². The molecule has 1 unspecified atom stereocenters. The van der Waals surface area contributed by atoms with Crippen molar-refractivity contribution < 1.29 is 24.1 Å². The summed E-state index contributed by atoms with van der Waals surface area (Å²) in [4.78, 5) is 11.3. The van der Waals surface area contributed by atoms with Crippen LogP contribution in [0, 0.1) is 0 Å². The van der Waals surface area contributed by atoms with E-state index in [9.17, 15) is 9.90 Å². The van der Waals surface area contributed by atoms with E-state index in [0.717, 1.165) is 16.9 Å². The topological polar surface area (TPSA) is 65.0 Å². The first-order valence-electron chi connectivity index (χ1n) is 9.55. The molecule has 2 rings (SSSR count). The summed E-state index contributed by atoms with van der Waals surface area (Å²) in [7, 11) is 1.63. The van der Waals surface area contributed by atoms with Crippen molar-refractivity contribution in [3.05, 3.63) is 65.7 Å². The monoisotopic (exact) mass is 386 g/mol. The van der Waals surface area contributed by atoms with E-state index in [2.05, 4.69) is 0 Å². The van der Waals surface area contributed by atoms with Crippen LogP contribution in [0.1, 0.15) is 37.8 Å². The number of carbonyl (C=O) groups is 1. The van der Waals surface area contributed by atoms with Gasteiger partial charge >= 0.3 is 0 Å². The van der Waals surface area contributed by atoms with E-state index in [1.54, 1.807) is 7.11 Å². The maximum absolute atomic E-state index is 11.3. The normalized spacial score (nSPS) is 14.3. The van der Waals surface area contributed by atoms with Gasteiger partial charge in [-0.05, 0) is 37.1 Å². The lowest BCUT2D eigenvalue weighted by Gasteiger charge is -2.26. The lowest BCUT2D eigenvalue weighted by Crippen LogP contribution is -2.33. The highest BCUT2D eigenvalue weighted by Crippen LogP contribution is 2.18. The molecule has 0 bridgehead atoms. The molecule has 0 saturated carbocycles. The van der Waals surface area contributed by atoms with E-state index in [4.69, 9.17) is 14.2 Å². The zero-order valence-corrected chi connectivity index (χ0v) is 16.8. The fraction of sp³-hybridized carbons (Fsp3) is 0.435. The Labute approximate surface area is 167 Å². The number of ether oxygens (including phenoxy) is 3. The van der Waals surface area contributed by atoms with Gasteiger partial charge in [0.1, 0.15) is 11.5 Å². The first-order chi connectivity index (χ1) is 13.5. The highest BCUT2D eigenvalue weighted by atomic mass is 16.5. The van der Waals surface area contributed by atoms with Gasteiger partial charge in [0, 0.05) is 12.8 Å². The number of aliphatic hydroxyl groups excluding tert-OH is 1. The molecular weight excluding hydrogens is 356 g/mol. The van der Waals surface area contributed by atoms with Gasteiger partial charge in [-0.2, -0.15) is 0 Å². The molecule has 2 aromatic rings. The molecule has 0 amide bonds. The largest absolute Gasteiger partial charge is 0.497 e. The molecule has 152 valence electrons. The maximum atomic E-state index is 11.3. The van der Waals surface area contributed by atoms with Gasteiger partial charge in [0.2, 0.25) is 0 Å². The molecule has 28 heavy (non-hydrogen) atoms. The molecule has 0 heterocycles. The smallest absolute Gasteiger partial charge is 0.132 e. The Balaban J connectivity index is 1.96. The molecule has 0 aliphatic carbocycles. The SMILES string of the molecule is COc1ccc(CO[C@H](CC(O)CC(C)=O)[C@H](C)OCc2ccccc2)cc1. The number of hydrogen-bond donors (Lipinski definition) is 1. The van der Waals surface area contributed by atoms with Crippen LogP contribution in [0.15, 0.2) is 54.6 Å². The van der Waals surface area contributed by atoms with Crippen molar-refractivity contribution in [2.75, 3.05) is 7.11 Å². The van der Waals surface area contributed by atoms with Crippen LogP contribution in [0.4, 0.5) is 0 Å². The van der Waals surface area contributed by atoms with Gasteiger partial charge in [-0.1, -0.05) is 42.5 Å². The van der Waals surface area contributed by atoms with Crippen LogP contribution in [0.2, 0.25) is 0 Å². The first kappa shape index (κ1) is 22.1. The molecule has 0 saturated heterocycles. The molecule has 0 aliphatic rings.